The fourth-order valence-electron chi connectivity index (χ4n) is 3.84. The van der Waals surface area contributed by atoms with E-state index < -0.39 is 6.16 Å². The maximum Gasteiger partial charge on any atom is 0.513 e. The number of pyridine rings is 1. The van der Waals surface area contributed by atoms with Crippen LogP contribution >= 0.6 is 11.3 Å². The third-order valence-electron chi connectivity index (χ3n) is 5.48. The van der Waals surface area contributed by atoms with Crippen LogP contribution in [0.4, 0.5) is 4.79 Å². The van der Waals surface area contributed by atoms with Crippen LogP contribution in [0.15, 0.2) is 42.5 Å². The number of aryl methyl sites for hydroxylation is 1. The molecule has 0 aliphatic carbocycles. The van der Waals surface area contributed by atoms with Crippen LogP contribution in [-0.4, -0.2) is 18.2 Å². The van der Waals surface area contributed by atoms with E-state index in [-0.39, 0.29) is 5.92 Å². The molecule has 0 fully saturated rings. The standard InChI is InChI=1S/C25H25NO3S/c1-14(2)23-20(24(29-25(27)28-5)15(3)16(4)26-23)13-17-10-11-22-19(12-17)18-8-6-7-9-21(18)30-22/h6-12,14H,13H2,1-5H3. The molecule has 5 heteroatoms. The zero-order valence-electron chi connectivity index (χ0n) is 17.9. The second-order valence-corrected chi connectivity index (χ2v) is 8.92. The van der Waals surface area contributed by atoms with Gasteiger partial charge in [0.25, 0.3) is 0 Å². The molecule has 0 atom stereocenters. The van der Waals surface area contributed by atoms with E-state index in [2.05, 4.69) is 56.3 Å². The number of carbonyl (C=O) groups is 1. The number of carbonyl (C=O) groups excluding carboxylic acids is 1. The van der Waals surface area contributed by atoms with Crippen LogP contribution < -0.4 is 4.74 Å². The number of hydrogen-bond acceptors (Lipinski definition) is 5. The monoisotopic (exact) mass is 419 g/mol. The van der Waals surface area contributed by atoms with Gasteiger partial charge in [0.1, 0.15) is 5.75 Å². The fourth-order valence-corrected chi connectivity index (χ4v) is 4.92. The Morgan fingerprint density at radius 3 is 2.53 bits per heavy atom. The molecule has 0 radical (unpaired) electrons. The Morgan fingerprint density at radius 2 is 1.80 bits per heavy atom. The maximum atomic E-state index is 12.0. The lowest BCUT2D eigenvalue weighted by Gasteiger charge is -2.20. The normalized spacial score (nSPS) is 11.4. The number of nitrogens with zero attached hydrogens (tertiary/aromatic N) is 1. The third-order valence-corrected chi connectivity index (χ3v) is 6.63. The van der Waals surface area contributed by atoms with Gasteiger partial charge < -0.3 is 9.47 Å². The lowest BCUT2D eigenvalue weighted by Crippen LogP contribution is -2.14. The van der Waals surface area contributed by atoms with Crippen molar-refractivity contribution in [3.8, 4) is 5.75 Å². The van der Waals surface area contributed by atoms with E-state index in [1.165, 1.54) is 27.3 Å². The number of hydrogen-bond donors (Lipinski definition) is 0. The summed E-state index contributed by atoms with van der Waals surface area (Å²) in [5.74, 6) is 0.762. The molecule has 0 aliphatic heterocycles. The minimum absolute atomic E-state index is 0.199. The largest absolute Gasteiger partial charge is 0.513 e. The molecule has 4 rings (SSSR count). The van der Waals surface area contributed by atoms with Gasteiger partial charge in [-0.25, -0.2) is 4.79 Å². The SMILES string of the molecule is COC(=O)Oc1c(C)c(C)nc(C(C)C)c1Cc1ccc2sc3ccccc3c2c1. The van der Waals surface area contributed by atoms with Crippen molar-refractivity contribution in [3.05, 3.63) is 70.5 Å². The van der Waals surface area contributed by atoms with Gasteiger partial charge in [0.2, 0.25) is 0 Å². The van der Waals surface area contributed by atoms with Gasteiger partial charge >= 0.3 is 6.16 Å². The van der Waals surface area contributed by atoms with Crippen molar-refractivity contribution in [2.45, 2.75) is 40.0 Å². The zero-order valence-corrected chi connectivity index (χ0v) is 18.7. The molecular formula is C25H25NO3S. The molecule has 4 aromatic rings. The van der Waals surface area contributed by atoms with Gasteiger partial charge in [-0.05, 0) is 43.5 Å². The van der Waals surface area contributed by atoms with Crippen LogP contribution in [0.2, 0.25) is 0 Å². The first-order valence-electron chi connectivity index (χ1n) is 10.0. The minimum Gasteiger partial charge on any atom is -0.437 e. The number of methoxy groups -OCH3 is 1. The number of ether oxygens (including phenoxy) is 2. The summed E-state index contributed by atoms with van der Waals surface area (Å²) in [6.07, 6.45) is -0.0763. The lowest BCUT2D eigenvalue weighted by atomic mass is 9.94. The van der Waals surface area contributed by atoms with E-state index in [4.69, 9.17) is 14.5 Å². The molecule has 154 valence electrons. The lowest BCUT2D eigenvalue weighted by molar-refractivity contribution is 0.120. The van der Waals surface area contributed by atoms with Gasteiger partial charge in [-0.1, -0.05) is 38.1 Å². The molecule has 2 aromatic carbocycles. The number of aromatic nitrogens is 1. The molecule has 0 N–H and O–H groups in total. The molecule has 0 bridgehead atoms. The predicted molar refractivity (Wildman–Crippen MR) is 123 cm³/mol. The average Bonchev–Trinajstić information content (AvgIpc) is 3.10. The summed E-state index contributed by atoms with van der Waals surface area (Å²) in [6.45, 7) is 8.10. The van der Waals surface area contributed by atoms with Crippen molar-refractivity contribution in [1.82, 2.24) is 4.98 Å². The summed E-state index contributed by atoms with van der Waals surface area (Å²) in [4.78, 5) is 16.8. The van der Waals surface area contributed by atoms with Crippen LogP contribution in [0.1, 0.15) is 47.8 Å². The third kappa shape index (κ3) is 3.65. The van der Waals surface area contributed by atoms with Gasteiger partial charge in [0.15, 0.2) is 0 Å². The van der Waals surface area contributed by atoms with Gasteiger partial charge in [-0.2, -0.15) is 0 Å². The highest BCUT2D eigenvalue weighted by Gasteiger charge is 2.22. The molecule has 2 heterocycles. The van der Waals surface area contributed by atoms with Crippen LogP contribution in [-0.2, 0) is 11.2 Å². The zero-order chi connectivity index (χ0) is 21.4. The molecule has 0 unspecified atom stereocenters. The summed E-state index contributed by atoms with van der Waals surface area (Å²) in [5.41, 5.74) is 4.78. The first-order chi connectivity index (χ1) is 14.4. The van der Waals surface area contributed by atoms with Crippen molar-refractivity contribution in [2.24, 2.45) is 0 Å². The maximum absolute atomic E-state index is 12.0. The summed E-state index contributed by atoms with van der Waals surface area (Å²) in [5, 5.41) is 2.53. The van der Waals surface area contributed by atoms with Crippen LogP contribution in [0.5, 0.6) is 5.75 Å². The Labute approximate surface area is 180 Å². The van der Waals surface area contributed by atoms with E-state index in [1.807, 2.05) is 13.8 Å². The van der Waals surface area contributed by atoms with Crippen molar-refractivity contribution < 1.29 is 14.3 Å². The molecule has 4 nitrogen and oxygen atoms in total. The van der Waals surface area contributed by atoms with Gasteiger partial charge in [-0.3, -0.25) is 4.98 Å². The van der Waals surface area contributed by atoms with E-state index >= 15 is 0 Å². The highest BCUT2D eigenvalue weighted by molar-refractivity contribution is 7.25. The van der Waals surface area contributed by atoms with E-state index in [1.54, 1.807) is 11.3 Å². The topological polar surface area (TPSA) is 48.4 Å². The summed E-state index contributed by atoms with van der Waals surface area (Å²) in [7, 11) is 1.32. The fraction of sp³-hybridized carbons (Fsp3) is 0.280. The Hall–Kier alpha value is -2.92. The van der Waals surface area contributed by atoms with Crippen molar-refractivity contribution in [3.63, 3.8) is 0 Å². The van der Waals surface area contributed by atoms with Gasteiger partial charge in [0, 0.05) is 43.4 Å². The Morgan fingerprint density at radius 1 is 1.07 bits per heavy atom. The Balaban J connectivity index is 1.86. The number of benzene rings is 2. The summed E-state index contributed by atoms with van der Waals surface area (Å²) < 4.78 is 12.9. The van der Waals surface area contributed by atoms with E-state index in [0.717, 1.165) is 28.1 Å². The van der Waals surface area contributed by atoms with Crippen LogP contribution in [0.25, 0.3) is 20.2 Å². The average molecular weight is 420 g/mol. The summed E-state index contributed by atoms with van der Waals surface area (Å²) in [6, 6.07) is 15.1. The van der Waals surface area contributed by atoms with E-state index in [0.29, 0.717) is 12.2 Å². The number of fused-ring (bicyclic) bond motifs is 3. The Kier molecular flexibility index (Phi) is 5.48. The summed E-state index contributed by atoms with van der Waals surface area (Å²) >= 11 is 1.81. The van der Waals surface area contributed by atoms with Crippen LogP contribution in [0.3, 0.4) is 0 Å². The van der Waals surface area contributed by atoms with E-state index in [9.17, 15) is 4.79 Å². The molecular weight excluding hydrogens is 394 g/mol. The second kappa shape index (κ2) is 8.07. The first-order valence-corrected chi connectivity index (χ1v) is 10.9. The van der Waals surface area contributed by atoms with Gasteiger partial charge in [0.05, 0.1) is 12.8 Å². The van der Waals surface area contributed by atoms with Crippen LogP contribution in [0, 0.1) is 13.8 Å². The highest BCUT2D eigenvalue weighted by atomic mass is 32.1. The molecule has 0 spiro atoms. The highest BCUT2D eigenvalue weighted by Crippen LogP contribution is 2.37. The molecule has 2 aromatic heterocycles. The first kappa shape index (κ1) is 20.4. The molecule has 0 saturated heterocycles. The predicted octanol–water partition coefficient (Wildman–Crippen LogP) is 6.93. The Bertz CT molecular complexity index is 1260. The van der Waals surface area contributed by atoms with Gasteiger partial charge in [-0.15, -0.1) is 11.3 Å². The quantitative estimate of drug-likeness (QED) is 0.337. The molecule has 30 heavy (non-hydrogen) atoms. The minimum atomic E-state index is -0.709. The number of thiophene rings is 1. The van der Waals surface area contributed by atoms with Crippen molar-refractivity contribution in [2.75, 3.05) is 7.11 Å². The van der Waals surface area contributed by atoms with Crippen molar-refractivity contribution in [1.29, 1.82) is 0 Å². The molecule has 0 amide bonds. The second-order valence-electron chi connectivity index (χ2n) is 7.83. The molecule has 0 aliphatic rings. The smallest absolute Gasteiger partial charge is 0.437 e. The van der Waals surface area contributed by atoms with Crippen molar-refractivity contribution >= 4 is 37.7 Å². The molecule has 0 saturated carbocycles. The number of rotatable bonds is 4.